The molecule has 2 N–H and O–H groups in total. The fourth-order valence-electron chi connectivity index (χ4n) is 1.51. The van der Waals surface area contributed by atoms with Crippen LogP contribution in [0.2, 0.25) is 5.02 Å². The fraction of sp³-hybridized carbons (Fsp3) is 0.417. The summed E-state index contributed by atoms with van der Waals surface area (Å²) in [4.78, 5) is 2.66. The number of nitrogens with two attached hydrogens (primary N) is 1. The van der Waals surface area contributed by atoms with Crippen LogP contribution in [-0.2, 0) is 0 Å². The smallest absolute Gasteiger partial charge is 0.0899 e. The summed E-state index contributed by atoms with van der Waals surface area (Å²) in [6.45, 7) is 4.13. The SMILES string of the molecule is CC(C(N)=S)N(C)C(C)c1ccc(Cl)cc1. The fourth-order valence-corrected chi connectivity index (χ4v) is 1.80. The largest absolute Gasteiger partial charge is 0.392 e. The standard InChI is InChI=1S/C12H17ClN2S/c1-8(15(3)9(2)12(14)16)10-4-6-11(13)7-5-10/h4-9H,1-3H3,(H2,14,16). The molecule has 2 unspecified atom stereocenters. The molecule has 1 aromatic rings. The van der Waals surface area contributed by atoms with Crippen molar-refractivity contribution < 1.29 is 0 Å². The first-order chi connectivity index (χ1) is 7.43. The second-order valence-electron chi connectivity index (χ2n) is 3.97. The summed E-state index contributed by atoms with van der Waals surface area (Å²) >= 11 is 10.9. The quantitative estimate of drug-likeness (QED) is 0.840. The van der Waals surface area contributed by atoms with Gasteiger partial charge in [-0.25, -0.2) is 0 Å². The molecule has 0 bridgehead atoms. The summed E-state index contributed by atoms with van der Waals surface area (Å²) in [6, 6.07) is 8.18. The molecule has 4 heteroatoms. The highest BCUT2D eigenvalue weighted by Gasteiger charge is 2.18. The van der Waals surface area contributed by atoms with E-state index < -0.39 is 0 Å². The van der Waals surface area contributed by atoms with Crippen LogP contribution in [0.25, 0.3) is 0 Å². The second kappa shape index (κ2) is 5.62. The molecule has 0 amide bonds. The molecule has 0 saturated carbocycles. The van der Waals surface area contributed by atoms with Gasteiger partial charge >= 0.3 is 0 Å². The third kappa shape index (κ3) is 3.17. The number of nitrogens with zero attached hydrogens (tertiary/aromatic N) is 1. The van der Waals surface area contributed by atoms with Gasteiger partial charge < -0.3 is 5.73 Å². The first-order valence-electron chi connectivity index (χ1n) is 5.20. The van der Waals surface area contributed by atoms with Gasteiger partial charge in [-0.2, -0.15) is 0 Å². The summed E-state index contributed by atoms with van der Waals surface area (Å²) in [5.41, 5.74) is 6.85. The lowest BCUT2D eigenvalue weighted by molar-refractivity contribution is 0.242. The van der Waals surface area contributed by atoms with E-state index in [9.17, 15) is 0 Å². The van der Waals surface area contributed by atoms with Gasteiger partial charge in [0.25, 0.3) is 0 Å². The second-order valence-corrected chi connectivity index (χ2v) is 4.88. The van der Waals surface area contributed by atoms with Crippen LogP contribution in [0.5, 0.6) is 0 Å². The average Bonchev–Trinajstić information content (AvgIpc) is 2.27. The molecule has 1 rings (SSSR count). The van der Waals surface area contributed by atoms with Crippen molar-refractivity contribution in [3.63, 3.8) is 0 Å². The van der Waals surface area contributed by atoms with E-state index in [1.807, 2.05) is 38.2 Å². The highest BCUT2D eigenvalue weighted by Crippen LogP contribution is 2.22. The number of hydrogen-bond acceptors (Lipinski definition) is 2. The molecular weight excluding hydrogens is 240 g/mol. The van der Waals surface area contributed by atoms with Crippen molar-refractivity contribution in [1.82, 2.24) is 4.90 Å². The van der Waals surface area contributed by atoms with Gasteiger partial charge in [0.05, 0.1) is 11.0 Å². The molecule has 0 aliphatic rings. The summed E-state index contributed by atoms with van der Waals surface area (Å²) in [5, 5.41) is 0.751. The zero-order valence-corrected chi connectivity index (χ0v) is 11.3. The van der Waals surface area contributed by atoms with Gasteiger partial charge in [-0.05, 0) is 38.6 Å². The number of rotatable bonds is 4. The Balaban J connectivity index is 2.81. The third-order valence-corrected chi connectivity index (χ3v) is 3.58. The van der Waals surface area contributed by atoms with Gasteiger partial charge in [-0.3, -0.25) is 4.90 Å². The molecule has 0 saturated heterocycles. The van der Waals surface area contributed by atoms with Crippen molar-refractivity contribution in [2.75, 3.05) is 7.05 Å². The van der Waals surface area contributed by atoms with Gasteiger partial charge in [-0.15, -0.1) is 0 Å². The number of halogens is 1. The van der Waals surface area contributed by atoms with Gasteiger partial charge in [0.1, 0.15) is 0 Å². The monoisotopic (exact) mass is 256 g/mol. The van der Waals surface area contributed by atoms with E-state index in [0.29, 0.717) is 4.99 Å². The van der Waals surface area contributed by atoms with Gasteiger partial charge in [-0.1, -0.05) is 36.0 Å². The molecule has 16 heavy (non-hydrogen) atoms. The van der Waals surface area contributed by atoms with Gasteiger partial charge in [0, 0.05) is 11.1 Å². The van der Waals surface area contributed by atoms with E-state index in [0.717, 1.165) is 5.02 Å². The third-order valence-electron chi connectivity index (χ3n) is 2.99. The van der Waals surface area contributed by atoms with E-state index in [4.69, 9.17) is 29.6 Å². The van der Waals surface area contributed by atoms with Crippen molar-refractivity contribution in [3.8, 4) is 0 Å². The highest BCUT2D eigenvalue weighted by molar-refractivity contribution is 7.80. The minimum Gasteiger partial charge on any atom is -0.392 e. The van der Waals surface area contributed by atoms with E-state index >= 15 is 0 Å². The summed E-state index contributed by atoms with van der Waals surface area (Å²) in [5.74, 6) is 0. The number of benzene rings is 1. The topological polar surface area (TPSA) is 29.3 Å². The van der Waals surface area contributed by atoms with Crippen LogP contribution in [0.15, 0.2) is 24.3 Å². The molecule has 2 nitrogen and oxygen atoms in total. The van der Waals surface area contributed by atoms with Crippen molar-refractivity contribution in [1.29, 1.82) is 0 Å². The van der Waals surface area contributed by atoms with E-state index in [1.54, 1.807) is 0 Å². The Morgan fingerprint density at radius 3 is 2.25 bits per heavy atom. The lowest BCUT2D eigenvalue weighted by atomic mass is 10.1. The Morgan fingerprint density at radius 2 is 1.81 bits per heavy atom. The maximum absolute atomic E-state index is 5.85. The maximum Gasteiger partial charge on any atom is 0.0899 e. The molecule has 2 atom stereocenters. The average molecular weight is 257 g/mol. The van der Waals surface area contributed by atoms with Gasteiger partial charge in [0.2, 0.25) is 0 Å². The highest BCUT2D eigenvalue weighted by atomic mass is 35.5. The zero-order chi connectivity index (χ0) is 12.3. The van der Waals surface area contributed by atoms with Crippen molar-refractivity contribution >= 4 is 28.8 Å². The minimum atomic E-state index is 0.0840. The molecular formula is C12H17ClN2S. The molecule has 0 radical (unpaired) electrons. The van der Waals surface area contributed by atoms with Crippen LogP contribution in [0.1, 0.15) is 25.5 Å². The van der Waals surface area contributed by atoms with Crippen molar-refractivity contribution in [2.45, 2.75) is 25.9 Å². The Hall–Kier alpha value is -0.640. The molecule has 0 aliphatic heterocycles. The number of likely N-dealkylation sites (N-methyl/N-ethyl adjacent to an activating group) is 1. The van der Waals surface area contributed by atoms with E-state index in [-0.39, 0.29) is 12.1 Å². The lowest BCUT2D eigenvalue weighted by Gasteiger charge is -2.30. The van der Waals surface area contributed by atoms with Crippen LogP contribution in [0.3, 0.4) is 0 Å². The molecule has 0 heterocycles. The van der Waals surface area contributed by atoms with Crippen molar-refractivity contribution in [3.05, 3.63) is 34.9 Å². The van der Waals surface area contributed by atoms with Gasteiger partial charge in [0.15, 0.2) is 0 Å². The maximum atomic E-state index is 5.85. The molecule has 0 aromatic heterocycles. The molecule has 0 fully saturated rings. The lowest BCUT2D eigenvalue weighted by Crippen LogP contribution is -2.40. The molecule has 1 aromatic carbocycles. The Kier molecular flexibility index (Phi) is 4.71. The molecule has 0 aliphatic carbocycles. The van der Waals surface area contributed by atoms with Crippen LogP contribution >= 0.6 is 23.8 Å². The molecule has 88 valence electrons. The van der Waals surface area contributed by atoms with Crippen molar-refractivity contribution in [2.24, 2.45) is 5.73 Å². The summed E-state index contributed by atoms with van der Waals surface area (Å²) < 4.78 is 0. The summed E-state index contributed by atoms with van der Waals surface area (Å²) in [7, 11) is 2.02. The Morgan fingerprint density at radius 1 is 1.31 bits per heavy atom. The van der Waals surface area contributed by atoms with Crippen LogP contribution in [0.4, 0.5) is 0 Å². The Bertz CT molecular complexity index is 364. The van der Waals surface area contributed by atoms with E-state index in [1.165, 1.54) is 5.56 Å². The summed E-state index contributed by atoms with van der Waals surface area (Å²) in [6.07, 6.45) is 0. The molecule has 0 spiro atoms. The number of thiocarbonyl (C=S) groups is 1. The number of hydrogen-bond donors (Lipinski definition) is 1. The predicted molar refractivity (Wildman–Crippen MR) is 73.9 cm³/mol. The van der Waals surface area contributed by atoms with Crippen LogP contribution in [-0.4, -0.2) is 23.0 Å². The first kappa shape index (κ1) is 13.4. The predicted octanol–water partition coefficient (Wildman–Crippen LogP) is 3.01. The normalized spacial score (nSPS) is 14.8. The minimum absolute atomic E-state index is 0.0840. The first-order valence-corrected chi connectivity index (χ1v) is 5.99. The zero-order valence-electron chi connectivity index (χ0n) is 9.77. The van der Waals surface area contributed by atoms with E-state index in [2.05, 4.69) is 11.8 Å². The van der Waals surface area contributed by atoms with Crippen LogP contribution < -0.4 is 5.73 Å². The Labute approximate surface area is 107 Å². The van der Waals surface area contributed by atoms with Crippen LogP contribution in [0, 0.1) is 0 Å².